The molecule has 0 aliphatic carbocycles. The lowest BCUT2D eigenvalue weighted by molar-refractivity contribution is -0.141. The third-order valence-electron chi connectivity index (χ3n) is 5.44. The zero-order valence-electron chi connectivity index (χ0n) is 17.5. The largest absolute Gasteiger partial charge is 0.493 e. The van der Waals surface area contributed by atoms with E-state index in [-0.39, 0.29) is 23.3 Å². The molecule has 5 aromatic rings. The molecule has 0 unspecified atom stereocenters. The molecule has 0 aliphatic heterocycles. The Balaban J connectivity index is 1.57. The number of para-hydroxylation sites is 2. The van der Waals surface area contributed by atoms with Crippen molar-refractivity contribution in [3.05, 3.63) is 89.5 Å². The van der Waals surface area contributed by atoms with Crippen LogP contribution >= 0.6 is 0 Å². The van der Waals surface area contributed by atoms with Crippen molar-refractivity contribution in [3.63, 3.8) is 0 Å². The molecule has 34 heavy (non-hydrogen) atoms. The topological polar surface area (TPSA) is 79.6 Å². The molecule has 0 aliphatic rings. The number of hydrogen-bond donors (Lipinski definition) is 2. The number of aromatic hydroxyl groups is 1. The van der Waals surface area contributed by atoms with Gasteiger partial charge in [-0.3, -0.25) is 4.98 Å². The Kier molecular flexibility index (Phi) is 5.27. The maximum absolute atomic E-state index is 13.2. The van der Waals surface area contributed by atoms with Gasteiger partial charge >= 0.3 is 6.18 Å². The fraction of sp³-hybridized carbons (Fsp3) is 0.125. The Morgan fingerprint density at radius 2 is 1.71 bits per heavy atom. The maximum atomic E-state index is 13.2. The van der Waals surface area contributed by atoms with Gasteiger partial charge < -0.3 is 10.1 Å². The van der Waals surface area contributed by atoms with Crippen LogP contribution in [0.1, 0.15) is 16.8 Å². The molecule has 0 saturated carbocycles. The van der Waals surface area contributed by atoms with Crippen LogP contribution in [0.5, 0.6) is 5.88 Å². The highest BCUT2D eigenvalue weighted by Crippen LogP contribution is 2.34. The molecular formula is C24H17F4N5O. The van der Waals surface area contributed by atoms with Crippen molar-refractivity contribution in [1.82, 2.24) is 24.7 Å². The number of fused-ring (bicyclic) bond motifs is 1. The van der Waals surface area contributed by atoms with Crippen LogP contribution in [0.3, 0.4) is 0 Å². The Bertz CT molecular complexity index is 1420. The second-order valence-corrected chi connectivity index (χ2v) is 7.70. The summed E-state index contributed by atoms with van der Waals surface area (Å²) in [6.07, 6.45) is -2.75. The van der Waals surface area contributed by atoms with Gasteiger partial charge in [-0.15, -0.1) is 0 Å². The number of pyridine rings is 1. The Hall–Kier alpha value is -4.21. The number of imidazole rings is 1. The molecule has 0 amide bonds. The molecule has 5 rings (SSSR count). The Labute approximate surface area is 190 Å². The van der Waals surface area contributed by atoms with E-state index >= 15 is 0 Å². The summed E-state index contributed by atoms with van der Waals surface area (Å²) >= 11 is 0. The van der Waals surface area contributed by atoms with Gasteiger partial charge in [0.15, 0.2) is 0 Å². The third kappa shape index (κ3) is 4.09. The van der Waals surface area contributed by atoms with Gasteiger partial charge in [0.25, 0.3) is 0 Å². The van der Waals surface area contributed by atoms with Crippen molar-refractivity contribution < 1.29 is 22.7 Å². The second-order valence-electron chi connectivity index (χ2n) is 7.70. The van der Waals surface area contributed by atoms with E-state index in [1.54, 1.807) is 18.2 Å². The maximum Gasteiger partial charge on any atom is 0.433 e. The number of aryl methyl sites for hydroxylation is 1. The summed E-state index contributed by atoms with van der Waals surface area (Å²) in [7, 11) is 0. The first-order valence-electron chi connectivity index (χ1n) is 10.3. The van der Waals surface area contributed by atoms with E-state index in [4.69, 9.17) is 0 Å². The average Bonchev–Trinajstić information content (AvgIpc) is 3.39. The SMILES string of the molecule is Oc1c(CCc2ccc(F)cc2)c(-c2ccc(C(F)(F)F)nc2)nn1-c1nc2ccccc2[nH]1. The molecule has 0 radical (unpaired) electrons. The van der Waals surface area contributed by atoms with E-state index in [1.165, 1.54) is 22.9 Å². The van der Waals surface area contributed by atoms with Gasteiger partial charge in [-0.05, 0) is 54.8 Å². The van der Waals surface area contributed by atoms with Crippen LogP contribution in [0.15, 0.2) is 66.9 Å². The standard InChI is InChI=1S/C24H17F4N5O/c25-16-9-5-14(6-10-16)7-11-17-21(15-8-12-20(29-13-15)24(26,27)28)32-33(22(17)34)23-30-18-3-1-2-4-19(18)31-23/h1-6,8-10,12-13,34H,7,11H2,(H,30,31). The number of rotatable bonds is 5. The number of hydrogen-bond acceptors (Lipinski definition) is 4. The number of aromatic amines is 1. The fourth-order valence-corrected chi connectivity index (χ4v) is 3.71. The van der Waals surface area contributed by atoms with E-state index < -0.39 is 11.9 Å². The van der Waals surface area contributed by atoms with Crippen molar-refractivity contribution in [1.29, 1.82) is 0 Å². The number of H-pyrrole nitrogens is 1. The molecule has 0 saturated heterocycles. The predicted octanol–water partition coefficient (Wildman–Crippen LogP) is 5.46. The highest BCUT2D eigenvalue weighted by atomic mass is 19.4. The molecule has 10 heteroatoms. The summed E-state index contributed by atoms with van der Waals surface area (Å²) in [5.41, 5.74) is 2.20. The molecule has 0 atom stereocenters. The van der Waals surface area contributed by atoms with Crippen LogP contribution in [-0.2, 0) is 19.0 Å². The molecule has 0 spiro atoms. The highest BCUT2D eigenvalue weighted by molar-refractivity contribution is 5.76. The molecule has 2 N–H and O–H groups in total. The molecule has 2 aromatic carbocycles. The Morgan fingerprint density at radius 1 is 0.941 bits per heavy atom. The van der Waals surface area contributed by atoms with Crippen molar-refractivity contribution in [2.75, 3.05) is 0 Å². The fourth-order valence-electron chi connectivity index (χ4n) is 3.71. The number of alkyl halides is 3. The van der Waals surface area contributed by atoms with Gasteiger partial charge in [-0.25, -0.2) is 9.37 Å². The summed E-state index contributed by atoms with van der Waals surface area (Å²) in [5.74, 6) is -0.301. The van der Waals surface area contributed by atoms with Crippen LogP contribution in [-0.4, -0.2) is 29.8 Å². The van der Waals surface area contributed by atoms with Gasteiger partial charge in [0, 0.05) is 17.3 Å². The molecule has 3 aromatic heterocycles. The quantitative estimate of drug-likeness (QED) is 0.337. The highest BCUT2D eigenvalue weighted by Gasteiger charge is 2.32. The Morgan fingerprint density at radius 3 is 2.38 bits per heavy atom. The first kappa shape index (κ1) is 21.6. The summed E-state index contributed by atoms with van der Waals surface area (Å²) in [6.45, 7) is 0. The van der Waals surface area contributed by atoms with Gasteiger partial charge in [-0.2, -0.15) is 23.0 Å². The van der Waals surface area contributed by atoms with Crippen LogP contribution in [0.4, 0.5) is 17.6 Å². The van der Waals surface area contributed by atoms with Crippen LogP contribution in [0.2, 0.25) is 0 Å². The van der Waals surface area contributed by atoms with Crippen molar-refractivity contribution in [2.24, 2.45) is 0 Å². The third-order valence-corrected chi connectivity index (χ3v) is 5.44. The van der Waals surface area contributed by atoms with Crippen molar-refractivity contribution in [3.8, 4) is 23.1 Å². The van der Waals surface area contributed by atoms with E-state index in [0.717, 1.165) is 23.3 Å². The second kappa shape index (κ2) is 8.29. The first-order valence-corrected chi connectivity index (χ1v) is 10.3. The summed E-state index contributed by atoms with van der Waals surface area (Å²) in [6, 6.07) is 15.4. The van der Waals surface area contributed by atoms with E-state index in [1.807, 2.05) is 18.2 Å². The number of halogens is 4. The molecule has 6 nitrogen and oxygen atoms in total. The van der Waals surface area contributed by atoms with Crippen LogP contribution in [0.25, 0.3) is 28.2 Å². The predicted molar refractivity (Wildman–Crippen MR) is 117 cm³/mol. The normalized spacial score (nSPS) is 11.9. The number of benzene rings is 2. The van der Waals surface area contributed by atoms with E-state index in [2.05, 4.69) is 20.1 Å². The minimum absolute atomic E-state index is 0.198. The first-order chi connectivity index (χ1) is 16.3. The number of aromatic nitrogens is 5. The summed E-state index contributed by atoms with van der Waals surface area (Å²) < 4.78 is 53.4. The van der Waals surface area contributed by atoms with E-state index in [0.29, 0.717) is 29.5 Å². The zero-order valence-corrected chi connectivity index (χ0v) is 17.5. The smallest absolute Gasteiger partial charge is 0.433 e. The summed E-state index contributed by atoms with van der Waals surface area (Å²) in [4.78, 5) is 11.0. The van der Waals surface area contributed by atoms with E-state index in [9.17, 15) is 22.7 Å². The van der Waals surface area contributed by atoms with Crippen LogP contribution in [0, 0.1) is 5.82 Å². The van der Waals surface area contributed by atoms with Crippen molar-refractivity contribution >= 4 is 11.0 Å². The molecule has 0 fully saturated rings. The zero-order chi connectivity index (χ0) is 23.9. The van der Waals surface area contributed by atoms with Gasteiger partial charge in [-0.1, -0.05) is 24.3 Å². The molecule has 0 bridgehead atoms. The lowest BCUT2D eigenvalue weighted by Gasteiger charge is -2.07. The molecule has 172 valence electrons. The van der Waals surface area contributed by atoms with Gasteiger partial charge in [0.05, 0.1) is 11.0 Å². The van der Waals surface area contributed by atoms with Gasteiger partial charge in [0.1, 0.15) is 17.2 Å². The minimum atomic E-state index is -4.57. The monoisotopic (exact) mass is 467 g/mol. The van der Waals surface area contributed by atoms with Crippen molar-refractivity contribution in [2.45, 2.75) is 19.0 Å². The average molecular weight is 467 g/mol. The van der Waals surface area contributed by atoms with Gasteiger partial charge in [0.2, 0.25) is 11.8 Å². The minimum Gasteiger partial charge on any atom is -0.493 e. The molecule has 3 heterocycles. The lowest BCUT2D eigenvalue weighted by atomic mass is 10.0. The van der Waals surface area contributed by atoms with Crippen LogP contribution < -0.4 is 0 Å². The summed E-state index contributed by atoms with van der Waals surface area (Å²) in [5, 5.41) is 15.5. The lowest BCUT2D eigenvalue weighted by Crippen LogP contribution is -2.07. The number of nitrogens with one attached hydrogen (secondary N) is 1. The molecular weight excluding hydrogens is 450 g/mol. The number of nitrogens with zero attached hydrogens (tertiary/aromatic N) is 4.